The van der Waals surface area contributed by atoms with E-state index in [1.54, 1.807) is 24.4 Å². The topological polar surface area (TPSA) is 76.0 Å². The number of rotatable bonds is 5. The standard InChI is InChI=1S/C13H18N4O2S/c1-10(13-14-7-8-17(13)2)15-11-5-4-6-12(9-11)16-20(3,18)19/h4-10,15-16H,1-3H3. The normalized spacial score (nSPS) is 12.9. The molecule has 0 amide bonds. The van der Waals surface area contributed by atoms with E-state index in [0.29, 0.717) is 5.69 Å². The number of aromatic nitrogens is 2. The fraction of sp³-hybridized carbons (Fsp3) is 0.308. The van der Waals surface area contributed by atoms with Crippen molar-refractivity contribution in [2.24, 2.45) is 7.05 Å². The lowest BCUT2D eigenvalue weighted by molar-refractivity contribution is 0.607. The van der Waals surface area contributed by atoms with Gasteiger partial charge < -0.3 is 9.88 Å². The number of nitrogens with one attached hydrogen (secondary N) is 2. The molecule has 0 saturated heterocycles. The Morgan fingerprint density at radius 1 is 1.30 bits per heavy atom. The maximum atomic E-state index is 11.2. The minimum atomic E-state index is -3.27. The first kappa shape index (κ1) is 14.4. The van der Waals surface area contributed by atoms with Crippen LogP contribution in [0, 0.1) is 0 Å². The molecule has 20 heavy (non-hydrogen) atoms. The van der Waals surface area contributed by atoms with E-state index in [4.69, 9.17) is 0 Å². The molecule has 2 aromatic rings. The zero-order valence-corrected chi connectivity index (χ0v) is 12.5. The van der Waals surface area contributed by atoms with E-state index in [9.17, 15) is 8.42 Å². The molecule has 0 saturated carbocycles. The molecule has 1 heterocycles. The second-order valence-electron chi connectivity index (χ2n) is 4.72. The molecule has 0 aliphatic carbocycles. The van der Waals surface area contributed by atoms with Crippen LogP contribution in [-0.2, 0) is 17.1 Å². The Bertz CT molecular complexity index is 694. The van der Waals surface area contributed by atoms with Crippen molar-refractivity contribution in [2.45, 2.75) is 13.0 Å². The minimum absolute atomic E-state index is 0.0171. The lowest BCUT2D eigenvalue weighted by atomic mass is 10.2. The summed E-state index contributed by atoms with van der Waals surface area (Å²) in [5, 5.41) is 3.29. The first-order valence-corrected chi connectivity index (χ1v) is 8.06. The summed E-state index contributed by atoms with van der Waals surface area (Å²) in [4.78, 5) is 4.28. The largest absolute Gasteiger partial charge is 0.375 e. The Morgan fingerprint density at radius 3 is 2.60 bits per heavy atom. The van der Waals surface area contributed by atoms with Gasteiger partial charge in [-0.3, -0.25) is 4.72 Å². The number of sulfonamides is 1. The van der Waals surface area contributed by atoms with Gasteiger partial charge in [-0.1, -0.05) is 6.07 Å². The van der Waals surface area contributed by atoms with Crippen LogP contribution in [0.5, 0.6) is 0 Å². The molecule has 1 unspecified atom stereocenters. The highest BCUT2D eigenvalue weighted by Gasteiger charge is 2.10. The van der Waals surface area contributed by atoms with Crippen LogP contribution in [0.3, 0.4) is 0 Å². The van der Waals surface area contributed by atoms with E-state index in [0.717, 1.165) is 17.8 Å². The van der Waals surface area contributed by atoms with Crippen LogP contribution in [0.1, 0.15) is 18.8 Å². The molecular formula is C13H18N4O2S. The van der Waals surface area contributed by atoms with Crippen LogP contribution in [0.25, 0.3) is 0 Å². The summed E-state index contributed by atoms with van der Waals surface area (Å²) in [7, 11) is -1.33. The summed E-state index contributed by atoms with van der Waals surface area (Å²) in [6.07, 6.45) is 4.76. The van der Waals surface area contributed by atoms with Gasteiger partial charge in [0.2, 0.25) is 10.0 Å². The van der Waals surface area contributed by atoms with Crippen molar-refractivity contribution in [1.29, 1.82) is 0 Å². The Balaban J connectivity index is 2.14. The summed E-state index contributed by atoms with van der Waals surface area (Å²) in [6, 6.07) is 7.15. The fourth-order valence-electron chi connectivity index (χ4n) is 2.00. The van der Waals surface area contributed by atoms with Crippen LogP contribution in [-0.4, -0.2) is 24.2 Å². The van der Waals surface area contributed by atoms with Gasteiger partial charge >= 0.3 is 0 Å². The van der Waals surface area contributed by atoms with Crippen molar-refractivity contribution in [2.75, 3.05) is 16.3 Å². The summed E-state index contributed by atoms with van der Waals surface area (Å²) < 4.78 is 26.8. The molecule has 1 atom stereocenters. The smallest absolute Gasteiger partial charge is 0.229 e. The van der Waals surface area contributed by atoms with E-state index in [1.807, 2.05) is 30.8 Å². The average Bonchev–Trinajstić information content (AvgIpc) is 2.73. The van der Waals surface area contributed by atoms with Gasteiger partial charge in [0.15, 0.2) is 0 Å². The maximum Gasteiger partial charge on any atom is 0.229 e. The Kier molecular flexibility index (Phi) is 3.99. The van der Waals surface area contributed by atoms with Gasteiger partial charge in [-0.2, -0.15) is 0 Å². The number of anilines is 2. The summed E-state index contributed by atoms with van der Waals surface area (Å²) in [5.41, 5.74) is 1.36. The zero-order chi connectivity index (χ0) is 14.8. The highest BCUT2D eigenvalue weighted by molar-refractivity contribution is 7.92. The molecule has 0 bridgehead atoms. The zero-order valence-electron chi connectivity index (χ0n) is 11.7. The third-order valence-electron chi connectivity index (χ3n) is 2.79. The van der Waals surface area contributed by atoms with Gasteiger partial charge in [-0.25, -0.2) is 13.4 Å². The highest BCUT2D eigenvalue weighted by Crippen LogP contribution is 2.21. The van der Waals surface area contributed by atoms with E-state index < -0.39 is 10.0 Å². The van der Waals surface area contributed by atoms with Crippen molar-refractivity contribution >= 4 is 21.4 Å². The molecule has 0 radical (unpaired) electrons. The number of hydrogen-bond donors (Lipinski definition) is 2. The lowest BCUT2D eigenvalue weighted by Gasteiger charge is -2.16. The molecule has 0 spiro atoms. The van der Waals surface area contributed by atoms with E-state index in [2.05, 4.69) is 15.0 Å². The molecule has 1 aromatic carbocycles. The van der Waals surface area contributed by atoms with Crippen molar-refractivity contribution in [1.82, 2.24) is 9.55 Å². The van der Waals surface area contributed by atoms with E-state index in [1.165, 1.54) is 0 Å². The number of aryl methyl sites for hydroxylation is 1. The monoisotopic (exact) mass is 294 g/mol. The van der Waals surface area contributed by atoms with Crippen LogP contribution in [0.2, 0.25) is 0 Å². The SMILES string of the molecule is CC(Nc1cccc(NS(C)(=O)=O)c1)c1nccn1C. The Morgan fingerprint density at radius 2 is 2.00 bits per heavy atom. The number of benzene rings is 1. The van der Waals surface area contributed by atoms with Gasteiger partial charge in [0.25, 0.3) is 0 Å². The fourth-order valence-corrected chi connectivity index (χ4v) is 2.55. The molecule has 1 aromatic heterocycles. The number of hydrogen-bond acceptors (Lipinski definition) is 4. The van der Waals surface area contributed by atoms with Crippen LogP contribution >= 0.6 is 0 Å². The summed E-state index contributed by atoms with van der Waals surface area (Å²) in [6.45, 7) is 2.00. The van der Waals surface area contributed by atoms with Crippen molar-refractivity contribution in [3.05, 3.63) is 42.5 Å². The van der Waals surface area contributed by atoms with Gasteiger partial charge in [0, 0.05) is 25.1 Å². The quantitative estimate of drug-likeness (QED) is 0.884. The highest BCUT2D eigenvalue weighted by atomic mass is 32.2. The molecule has 7 heteroatoms. The predicted molar refractivity (Wildman–Crippen MR) is 80.2 cm³/mol. The third kappa shape index (κ3) is 3.74. The lowest BCUT2D eigenvalue weighted by Crippen LogP contribution is -2.13. The van der Waals surface area contributed by atoms with Crippen LogP contribution in [0.15, 0.2) is 36.7 Å². The van der Waals surface area contributed by atoms with E-state index >= 15 is 0 Å². The van der Waals surface area contributed by atoms with Gasteiger partial charge in [-0.15, -0.1) is 0 Å². The molecule has 108 valence electrons. The molecular weight excluding hydrogens is 276 g/mol. The second-order valence-corrected chi connectivity index (χ2v) is 6.47. The van der Waals surface area contributed by atoms with Crippen molar-refractivity contribution in [3.63, 3.8) is 0 Å². The first-order chi connectivity index (χ1) is 9.35. The van der Waals surface area contributed by atoms with Crippen LogP contribution < -0.4 is 10.0 Å². The van der Waals surface area contributed by atoms with Crippen molar-refractivity contribution in [3.8, 4) is 0 Å². The molecule has 0 aliphatic heterocycles. The number of nitrogens with zero attached hydrogens (tertiary/aromatic N) is 2. The summed E-state index contributed by atoms with van der Waals surface area (Å²) in [5.74, 6) is 0.909. The average molecular weight is 294 g/mol. The molecule has 0 fully saturated rings. The van der Waals surface area contributed by atoms with Gasteiger partial charge in [-0.05, 0) is 25.1 Å². The van der Waals surface area contributed by atoms with E-state index in [-0.39, 0.29) is 6.04 Å². The molecule has 0 aliphatic rings. The summed E-state index contributed by atoms with van der Waals surface area (Å²) >= 11 is 0. The molecule has 2 rings (SSSR count). The van der Waals surface area contributed by atoms with Crippen LogP contribution in [0.4, 0.5) is 11.4 Å². The first-order valence-electron chi connectivity index (χ1n) is 6.17. The predicted octanol–water partition coefficient (Wildman–Crippen LogP) is 1.96. The maximum absolute atomic E-state index is 11.2. The molecule has 6 nitrogen and oxygen atoms in total. The number of imidazole rings is 1. The minimum Gasteiger partial charge on any atom is -0.375 e. The van der Waals surface area contributed by atoms with Crippen molar-refractivity contribution < 1.29 is 8.42 Å². The second kappa shape index (κ2) is 5.54. The molecule has 2 N–H and O–H groups in total. The Hall–Kier alpha value is -2.02. The third-order valence-corrected chi connectivity index (χ3v) is 3.40. The Labute approximate surface area is 118 Å². The van der Waals surface area contributed by atoms with Gasteiger partial charge in [0.05, 0.1) is 18.0 Å². The van der Waals surface area contributed by atoms with Gasteiger partial charge in [0.1, 0.15) is 5.82 Å².